The van der Waals surface area contributed by atoms with E-state index in [1.54, 1.807) is 4.90 Å². The molecule has 1 aromatic heterocycles. The van der Waals surface area contributed by atoms with Crippen molar-refractivity contribution in [1.29, 1.82) is 0 Å². The zero-order valence-electron chi connectivity index (χ0n) is 14.2. The quantitative estimate of drug-likeness (QED) is 0.577. The highest BCUT2D eigenvalue weighted by Gasteiger charge is 2.39. The van der Waals surface area contributed by atoms with Crippen molar-refractivity contribution in [3.8, 4) is 0 Å². The van der Waals surface area contributed by atoms with Crippen LogP contribution in [0.25, 0.3) is 0 Å². The van der Waals surface area contributed by atoms with E-state index >= 15 is 0 Å². The Morgan fingerprint density at radius 3 is 2.69 bits per heavy atom. The number of esters is 1. The van der Waals surface area contributed by atoms with Gasteiger partial charge in [-0.2, -0.15) is 0 Å². The summed E-state index contributed by atoms with van der Waals surface area (Å²) in [7, 11) is 0. The van der Waals surface area contributed by atoms with Crippen molar-refractivity contribution in [2.45, 2.75) is 38.1 Å². The summed E-state index contributed by atoms with van der Waals surface area (Å²) in [6.07, 6.45) is 5.61. The molecule has 26 heavy (non-hydrogen) atoms. The van der Waals surface area contributed by atoms with Crippen molar-refractivity contribution in [3.63, 3.8) is 0 Å². The van der Waals surface area contributed by atoms with Crippen LogP contribution >= 0.6 is 0 Å². The summed E-state index contributed by atoms with van der Waals surface area (Å²) in [6, 6.07) is 3.20. The number of hydrazine groups is 1. The Bertz CT molecular complexity index is 681. The number of carbonyl (C=O) groups is 4. The maximum absolute atomic E-state index is 12.1. The molecule has 1 aliphatic heterocycles. The first-order valence-corrected chi connectivity index (χ1v) is 8.63. The minimum absolute atomic E-state index is 0.0333. The Morgan fingerprint density at radius 2 is 2.00 bits per heavy atom. The third kappa shape index (κ3) is 4.22. The molecule has 2 aliphatic rings. The lowest BCUT2D eigenvalue weighted by Crippen LogP contribution is -2.43. The van der Waals surface area contributed by atoms with Gasteiger partial charge in [-0.15, -0.1) is 0 Å². The van der Waals surface area contributed by atoms with E-state index in [-0.39, 0.29) is 24.1 Å². The Labute approximate surface area is 150 Å². The van der Waals surface area contributed by atoms with Gasteiger partial charge in [-0.25, -0.2) is 0 Å². The summed E-state index contributed by atoms with van der Waals surface area (Å²) in [5.41, 5.74) is 4.27. The number of nitrogens with one attached hydrogen (secondary N) is 2. The summed E-state index contributed by atoms with van der Waals surface area (Å²) in [4.78, 5) is 49.2. The van der Waals surface area contributed by atoms with Crippen molar-refractivity contribution in [2.75, 3.05) is 13.2 Å². The van der Waals surface area contributed by atoms with Gasteiger partial charge >= 0.3 is 11.9 Å². The topological polar surface area (TPSA) is 118 Å². The van der Waals surface area contributed by atoms with Gasteiger partial charge in [0.05, 0.1) is 12.2 Å². The van der Waals surface area contributed by atoms with Gasteiger partial charge < -0.3 is 14.1 Å². The van der Waals surface area contributed by atoms with Crippen molar-refractivity contribution in [2.24, 2.45) is 5.92 Å². The molecule has 1 aromatic rings. The molecular weight excluding hydrogens is 342 g/mol. The molecule has 3 rings (SSSR count). The summed E-state index contributed by atoms with van der Waals surface area (Å²) in [6.45, 7) is -0.190. The van der Waals surface area contributed by atoms with Crippen molar-refractivity contribution in [3.05, 3.63) is 24.2 Å². The maximum atomic E-state index is 12.1. The predicted octanol–water partition coefficient (Wildman–Crippen LogP) is 0.375. The monoisotopic (exact) mass is 363 g/mol. The van der Waals surface area contributed by atoms with Gasteiger partial charge in [0.2, 0.25) is 5.91 Å². The first kappa shape index (κ1) is 18.0. The molecule has 1 atom stereocenters. The van der Waals surface area contributed by atoms with E-state index in [1.807, 2.05) is 0 Å². The van der Waals surface area contributed by atoms with E-state index in [0.29, 0.717) is 6.54 Å². The van der Waals surface area contributed by atoms with Crippen LogP contribution in [-0.4, -0.2) is 47.8 Å². The fraction of sp³-hybridized carbons (Fsp3) is 0.529. The smallest absolute Gasteiger partial charge is 0.311 e. The third-order valence-corrected chi connectivity index (χ3v) is 4.66. The van der Waals surface area contributed by atoms with Gasteiger partial charge in [-0.05, 0) is 25.0 Å². The molecule has 0 bridgehead atoms. The molecule has 0 aromatic carbocycles. The summed E-state index contributed by atoms with van der Waals surface area (Å²) in [5.74, 6) is -2.42. The molecule has 2 heterocycles. The second-order valence-corrected chi connectivity index (χ2v) is 6.47. The number of likely N-dealkylation sites (tertiary alicyclic amines) is 1. The number of furan rings is 1. The van der Waals surface area contributed by atoms with Crippen molar-refractivity contribution in [1.82, 2.24) is 15.8 Å². The minimum Gasteiger partial charge on any atom is -0.459 e. The van der Waals surface area contributed by atoms with Gasteiger partial charge in [-0.3, -0.25) is 30.0 Å². The fourth-order valence-electron chi connectivity index (χ4n) is 3.34. The molecule has 2 N–H and O–H groups in total. The largest absolute Gasteiger partial charge is 0.459 e. The second kappa shape index (κ2) is 8.03. The Balaban J connectivity index is 1.39. The van der Waals surface area contributed by atoms with Crippen LogP contribution in [0.2, 0.25) is 0 Å². The number of ether oxygens (including phenoxy) is 1. The van der Waals surface area contributed by atoms with E-state index < -0.39 is 30.3 Å². The molecule has 140 valence electrons. The van der Waals surface area contributed by atoms with E-state index in [0.717, 1.165) is 25.7 Å². The van der Waals surface area contributed by atoms with Gasteiger partial charge in [0.25, 0.3) is 5.91 Å². The molecular formula is C17H21N3O6. The van der Waals surface area contributed by atoms with Crippen LogP contribution in [0.1, 0.15) is 42.7 Å². The van der Waals surface area contributed by atoms with Gasteiger partial charge in [-0.1, -0.05) is 12.8 Å². The van der Waals surface area contributed by atoms with E-state index in [1.165, 1.54) is 18.4 Å². The molecule has 0 radical (unpaired) electrons. The molecule has 3 amide bonds. The SMILES string of the molecule is O=C(COC(=O)[C@@H]1CC(=O)N(C2CCCC2)C1)NNC(=O)c1ccco1. The Hall–Kier alpha value is -2.84. The third-order valence-electron chi connectivity index (χ3n) is 4.66. The molecule has 0 unspecified atom stereocenters. The molecule has 1 saturated heterocycles. The van der Waals surface area contributed by atoms with Crippen molar-refractivity contribution < 1.29 is 28.3 Å². The number of nitrogens with zero attached hydrogens (tertiary/aromatic N) is 1. The number of hydrogen-bond donors (Lipinski definition) is 2. The fourth-order valence-corrected chi connectivity index (χ4v) is 3.34. The molecule has 9 nitrogen and oxygen atoms in total. The second-order valence-electron chi connectivity index (χ2n) is 6.47. The molecule has 9 heteroatoms. The number of rotatable bonds is 5. The minimum atomic E-state index is -0.685. The lowest BCUT2D eigenvalue weighted by Gasteiger charge is -2.23. The Kier molecular flexibility index (Phi) is 5.55. The van der Waals surface area contributed by atoms with Crippen LogP contribution in [-0.2, 0) is 19.1 Å². The summed E-state index contributed by atoms with van der Waals surface area (Å²) < 4.78 is 9.84. The molecule has 1 saturated carbocycles. The maximum Gasteiger partial charge on any atom is 0.311 e. The van der Waals surface area contributed by atoms with Crippen LogP contribution < -0.4 is 10.9 Å². The standard InChI is InChI=1S/C17H21N3O6/c21-14(18-19-16(23)13-6-3-7-25-13)10-26-17(24)11-8-15(22)20(9-11)12-4-1-2-5-12/h3,6-7,11-12H,1-2,4-5,8-10H2,(H,18,21)(H,19,23)/t11-/m1/s1. The van der Waals surface area contributed by atoms with E-state index in [2.05, 4.69) is 10.9 Å². The number of hydrogen-bond acceptors (Lipinski definition) is 6. The molecule has 0 spiro atoms. The number of carbonyl (C=O) groups excluding carboxylic acids is 4. The number of amides is 3. The lowest BCUT2D eigenvalue weighted by atomic mass is 10.1. The molecule has 1 aliphatic carbocycles. The van der Waals surface area contributed by atoms with Crippen LogP contribution in [0.3, 0.4) is 0 Å². The van der Waals surface area contributed by atoms with Crippen LogP contribution in [0.4, 0.5) is 0 Å². The van der Waals surface area contributed by atoms with Crippen LogP contribution in [0.5, 0.6) is 0 Å². The Morgan fingerprint density at radius 1 is 1.23 bits per heavy atom. The average molecular weight is 363 g/mol. The highest BCUT2D eigenvalue weighted by atomic mass is 16.5. The van der Waals surface area contributed by atoms with Crippen LogP contribution in [0.15, 0.2) is 22.8 Å². The van der Waals surface area contributed by atoms with Crippen molar-refractivity contribution >= 4 is 23.7 Å². The van der Waals surface area contributed by atoms with Gasteiger partial charge in [0.15, 0.2) is 12.4 Å². The normalized spacial score (nSPS) is 20.2. The summed E-state index contributed by atoms with van der Waals surface area (Å²) >= 11 is 0. The first-order valence-electron chi connectivity index (χ1n) is 8.63. The van der Waals surface area contributed by atoms with E-state index in [9.17, 15) is 19.2 Å². The average Bonchev–Trinajstić information content (AvgIpc) is 3.38. The molecule has 2 fully saturated rings. The highest BCUT2D eigenvalue weighted by molar-refractivity contribution is 5.93. The van der Waals surface area contributed by atoms with Crippen LogP contribution in [0, 0.1) is 5.92 Å². The zero-order valence-corrected chi connectivity index (χ0v) is 14.2. The van der Waals surface area contributed by atoms with Gasteiger partial charge in [0.1, 0.15) is 0 Å². The predicted molar refractivity (Wildman–Crippen MR) is 87.4 cm³/mol. The lowest BCUT2D eigenvalue weighted by molar-refractivity contribution is -0.152. The highest BCUT2D eigenvalue weighted by Crippen LogP contribution is 2.29. The zero-order chi connectivity index (χ0) is 18.5. The van der Waals surface area contributed by atoms with Gasteiger partial charge in [0, 0.05) is 19.0 Å². The first-order chi connectivity index (χ1) is 12.5. The summed E-state index contributed by atoms with van der Waals surface area (Å²) in [5, 5.41) is 0. The van der Waals surface area contributed by atoms with E-state index in [4.69, 9.17) is 9.15 Å².